The number of carbonyl (C=O) groups excluding carboxylic acids is 1. The molecule has 102 valence electrons. The summed E-state index contributed by atoms with van der Waals surface area (Å²) in [7, 11) is 0. The summed E-state index contributed by atoms with van der Waals surface area (Å²) in [6, 6.07) is 1.81. The van der Waals surface area contributed by atoms with Gasteiger partial charge in [0, 0.05) is 13.1 Å². The number of hydrogen-bond donors (Lipinski definition) is 1. The van der Waals surface area contributed by atoms with Crippen molar-refractivity contribution < 1.29 is 4.79 Å². The maximum atomic E-state index is 11.9. The monoisotopic (exact) mass is 297 g/mol. The predicted octanol–water partition coefficient (Wildman–Crippen LogP) is 1.95. The van der Waals surface area contributed by atoms with Crippen molar-refractivity contribution in [2.75, 3.05) is 18.8 Å². The highest BCUT2D eigenvalue weighted by Crippen LogP contribution is 2.18. The molecule has 0 saturated carbocycles. The molecule has 0 atom stereocenters. The van der Waals surface area contributed by atoms with Crippen LogP contribution in [0.3, 0.4) is 0 Å². The fourth-order valence-corrected chi connectivity index (χ4v) is 3.21. The quantitative estimate of drug-likeness (QED) is 0.676. The Labute approximate surface area is 119 Å². The number of thiophene rings is 1. The van der Waals surface area contributed by atoms with E-state index in [2.05, 4.69) is 9.97 Å². The maximum Gasteiger partial charge on any atom is 0.269 e. The Kier molecular flexibility index (Phi) is 4.60. The number of nitrogens with zero attached hydrogens (tertiary/aromatic N) is 2. The summed E-state index contributed by atoms with van der Waals surface area (Å²) in [5, 5.41) is 2.33. The number of thioether (sulfide) groups is 1. The molecule has 0 unspecified atom stereocenters. The van der Waals surface area contributed by atoms with Gasteiger partial charge in [-0.25, -0.2) is 4.98 Å². The van der Waals surface area contributed by atoms with E-state index in [1.54, 1.807) is 4.90 Å². The Balaban J connectivity index is 2.09. The smallest absolute Gasteiger partial charge is 0.269 e. The van der Waals surface area contributed by atoms with E-state index < -0.39 is 0 Å². The SMILES string of the molecule is CCN(CC)C(=O)CSc1nc2ccsc2c(=O)[nH]1. The topological polar surface area (TPSA) is 66.1 Å². The summed E-state index contributed by atoms with van der Waals surface area (Å²) in [5.74, 6) is 0.350. The van der Waals surface area contributed by atoms with Crippen molar-refractivity contribution in [3.05, 3.63) is 21.8 Å². The van der Waals surface area contributed by atoms with Gasteiger partial charge in [0.25, 0.3) is 5.56 Å². The summed E-state index contributed by atoms with van der Waals surface area (Å²) in [4.78, 5) is 32.4. The van der Waals surface area contributed by atoms with Crippen LogP contribution >= 0.6 is 23.1 Å². The standard InChI is InChI=1S/C12H15N3O2S2/c1-3-15(4-2)9(16)7-19-12-13-8-5-6-18-10(8)11(17)14-12/h5-6H,3-4,7H2,1-2H3,(H,13,14,17). The molecule has 19 heavy (non-hydrogen) atoms. The largest absolute Gasteiger partial charge is 0.343 e. The van der Waals surface area contributed by atoms with E-state index in [4.69, 9.17) is 0 Å². The molecule has 0 saturated heterocycles. The van der Waals surface area contributed by atoms with Crippen LogP contribution in [0, 0.1) is 0 Å². The second kappa shape index (κ2) is 6.21. The summed E-state index contributed by atoms with van der Waals surface area (Å²) in [6.07, 6.45) is 0. The lowest BCUT2D eigenvalue weighted by Gasteiger charge is -2.17. The highest BCUT2D eigenvalue weighted by atomic mass is 32.2. The zero-order valence-electron chi connectivity index (χ0n) is 10.8. The van der Waals surface area contributed by atoms with Gasteiger partial charge >= 0.3 is 0 Å². The molecular weight excluding hydrogens is 282 g/mol. The number of amides is 1. The molecule has 5 nitrogen and oxygen atoms in total. The molecule has 1 amide bonds. The molecule has 2 aromatic rings. The lowest BCUT2D eigenvalue weighted by Crippen LogP contribution is -2.32. The molecule has 1 N–H and O–H groups in total. The number of hydrogen-bond acceptors (Lipinski definition) is 5. The molecule has 2 aromatic heterocycles. The first-order valence-electron chi connectivity index (χ1n) is 6.03. The van der Waals surface area contributed by atoms with Gasteiger partial charge in [0.15, 0.2) is 5.16 Å². The number of rotatable bonds is 5. The molecule has 0 radical (unpaired) electrons. The summed E-state index contributed by atoms with van der Waals surface area (Å²) in [6.45, 7) is 5.29. The first-order valence-corrected chi connectivity index (χ1v) is 7.90. The van der Waals surface area contributed by atoms with E-state index in [1.807, 2.05) is 25.3 Å². The highest BCUT2D eigenvalue weighted by Gasteiger charge is 2.12. The van der Waals surface area contributed by atoms with Gasteiger partial charge in [0.2, 0.25) is 5.91 Å². The van der Waals surface area contributed by atoms with Crippen molar-refractivity contribution in [3.8, 4) is 0 Å². The number of aromatic amines is 1. The third-order valence-corrected chi connectivity index (χ3v) is 4.50. The highest BCUT2D eigenvalue weighted by molar-refractivity contribution is 7.99. The van der Waals surface area contributed by atoms with E-state index in [0.29, 0.717) is 34.2 Å². The molecule has 0 spiro atoms. The second-order valence-electron chi connectivity index (χ2n) is 3.86. The van der Waals surface area contributed by atoms with Crippen molar-refractivity contribution in [3.63, 3.8) is 0 Å². The van der Waals surface area contributed by atoms with Crippen molar-refractivity contribution in [2.45, 2.75) is 19.0 Å². The number of fused-ring (bicyclic) bond motifs is 1. The number of aromatic nitrogens is 2. The summed E-state index contributed by atoms with van der Waals surface area (Å²) >= 11 is 2.64. The molecule has 7 heteroatoms. The Hall–Kier alpha value is -1.34. The van der Waals surface area contributed by atoms with E-state index >= 15 is 0 Å². The second-order valence-corrected chi connectivity index (χ2v) is 5.74. The van der Waals surface area contributed by atoms with E-state index in [9.17, 15) is 9.59 Å². The van der Waals surface area contributed by atoms with Crippen molar-refractivity contribution >= 4 is 39.2 Å². The average molecular weight is 297 g/mol. The van der Waals surface area contributed by atoms with Gasteiger partial charge < -0.3 is 9.88 Å². The van der Waals surface area contributed by atoms with Crippen LogP contribution in [0.4, 0.5) is 0 Å². The Morgan fingerprint density at radius 3 is 2.89 bits per heavy atom. The molecule has 0 aromatic carbocycles. The maximum absolute atomic E-state index is 11.9. The van der Waals surface area contributed by atoms with Gasteiger partial charge in [0.05, 0.1) is 11.3 Å². The van der Waals surface area contributed by atoms with Crippen LogP contribution in [0.15, 0.2) is 21.4 Å². The lowest BCUT2D eigenvalue weighted by atomic mass is 10.5. The van der Waals surface area contributed by atoms with Crippen molar-refractivity contribution in [2.24, 2.45) is 0 Å². The molecule has 0 aliphatic carbocycles. The third kappa shape index (κ3) is 3.16. The molecule has 0 aliphatic heterocycles. The molecule has 0 aliphatic rings. The van der Waals surface area contributed by atoms with Crippen LogP contribution in [0.1, 0.15) is 13.8 Å². The zero-order chi connectivity index (χ0) is 13.8. The number of nitrogens with one attached hydrogen (secondary N) is 1. The van der Waals surface area contributed by atoms with E-state index in [0.717, 1.165) is 0 Å². The van der Waals surface area contributed by atoms with Crippen molar-refractivity contribution in [1.82, 2.24) is 14.9 Å². The molecule has 2 heterocycles. The van der Waals surface area contributed by atoms with Gasteiger partial charge in [-0.1, -0.05) is 11.8 Å². The van der Waals surface area contributed by atoms with E-state index in [1.165, 1.54) is 23.1 Å². The lowest BCUT2D eigenvalue weighted by molar-refractivity contribution is -0.127. The zero-order valence-corrected chi connectivity index (χ0v) is 12.4. The van der Waals surface area contributed by atoms with Gasteiger partial charge in [-0.15, -0.1) is 11.3 Å². The minimum atomic E-state index is -0.141. The predicted molar refractivity (Wildman–Crippen MR) is 78.9 cm³/mol. The molecule has 0 fully saturated rings. The average Bonchev–Trinajstić information content (AvgIpc) is 2.86. The summed E-state index contributed by atoms with van der Waals surface area (Å²) in [5.41, 5.74) is 0.546. The number of H-pyrrole nitrogens is 1. The Morgan fingerprint density at radius 1 is 1.47 bits per heavy atom. The number of carbonyl (C=O) groups is 1. The van der Waals surface area contributed by atoms with Crippen LogP contribution in [0.2, 0.25) is 0 Å². The fraction of sp³-hybridized carbons (Fsp3) is 0.417. The van der Waals surface area contributed by atoms with Gasteiger partial charge in [-0.2, -0.15) is 0 Å². The molecular formula is C12H15N3O2S2. The van der Waals surface area contributed by atoms with Crippen LogP contribution in [0.5, 0.6) is 0 Å². The van der Waals surface area contributed by atoms with Gasteiger partial charge in [-0.05, 0) is 25.3 Å². The Morgan fingerprint density at radius 2 is 2.21 bits per heavy atom. The third-order valence-electron chi connectivity index (χ3n) is 2.74. The normalized spacial score (nSPS) is 10.8. The first-order chi connectivity index (χ1) is 9.15. The van der Waals surface area contributed by atoms with Crippen LogP contribution in [-0.4, -0.2) is 39.6 Å². The fourth-order valence-electron chi connectivity index (χ4n) is 1.72. The van der Waals surface area contributed by atoms with Gasteiger partial charge in [0.1, 0.15) is 4.70 Å². The first kappa shape index (κ1) is 14.1. The van der Waals surface area contributed by atoms with Crippen LogP contribution < -0.4 is 5.56 Å². The minimum Gasteiger partial charge on any atom is -0.343 e. The van der Waals surface area contributed by atoms with Crippen LogP contribution in [0.25, 0.3) is 10.2 Å². The van der Waals surface area contributed by atoms with Crippen LogP contribution in [-0.2, 0) is 4.79 Å². The minimum absolute atomic E-state index is 0.0584. The van der Waals surface area contributed by atoms with Crippen molar-refractivity contribution in [1.29, 1.82) is 0 Å². The van der Waals surface area contributed by atoms with E-state index in [-0.39, 0.29) is 11.5 Å². The summed E-state index contributed by atoms with van der Waals surface area (Å²) < 4.78 is 0.624. The Bertz CT molecular complexity index is 631. The molecule has 0 bridgehead atoms. The van der Waals surface area contributed by atoms with Gasteiger partial charge in [-0.3, -0.25) is 9.59 Å². The molecule has 2 rings (SSSR count).